The van der Waals surface area contributed by atoms with Crippen molar-refractivity contribution in [3.8, 4) is 0 Å². The summed E-state index contributed by atoms with van der Waals surface area (Å²) < 4.78 is 0. The molecule has 0 fully saturated rings. The van der Waals surface area contributed by atoms with E-state index in [0.29, 0.717) is 0 Å². The minimum Gasteiger partial charge on any atom is -0.463 e. The highest BCUT2D eigenvalue weighted by Gasteiger charge is 2.01. The number of carboxylic acids is 1. The van der Waals surface area contributed by atoms with Gasteiger partial charge in [0.1, 0.15) is 6.08 Å². The first-order valence-corrected chi connectivity index (χ1v) is 2.90. The molecule has 2 nitrogen and oxygen atoms in total. The van der Waals surface area contributed by atoms with E-state index in [1.54, 1.807) is 6.08 Å². The molecule has 0 amide bonds. The fraction of sp³-hybridized carbons (Fsp3) is 0.429. The molecule has 0 heterocycles. The molecule has 0 aliphatic heterocycles. The molecule has 50 valence electrons. The number of rotatable bonds is 3. The molecule has 0 aromatic heterocycles. The molecule has 0 atom stereocenters. The van der Waals surface area contributed by atoms with Gasteiger partial charge in [0.05, 0.1) is 5.57 Å². The summed E-state index contributed by atoms with van der Waals surface area (Å²) in [4.78, 5) is 9.92. The Morgan fingerprint density at radius 2 is 2.33 bits per heavy atom. The van der Waals surface area contributed by atoms with Gasteiger partial charge in [0.25, 0.3) is 0 Å². The van der Waals surface area contributed by atoms with Crippen LogP contribution in [0, 0.1) is 6.42 Å². The fourth-order valence-corrected chi connectivity index (χ4v) is 0.331. The minimum absolute atomic E-state index is 0.886. The third kappa shape index (κ3) is 4.94. The molecule has 0 aliphatic carbocycles. The molecule has 0 saturated carbocycles. The molecular formula is C7H11O2+. The Bertz CT molecular complexity index is 125. The molecule has 0 rings (SSSR count). The molecule has 0 saturated heterocycles. The zero-order valence-electron chi connectivity index (χ0n) is 5.72. The maximum atomic E-state index is 9.92. The smallest absolute Gasteiger partial charge is 0.413 e. The first-order valence-electron chi connectivity index (χ1n) is 2.90. The number of hydrogen-bond acceptors (Lipinski definition) is 1. The van der Waals surface area contributed by atoms with Crippen molar-refractivity contribution in [2.45, 2.75) is 20.3 Å². The van der Waals surface area contributed by atoms with Crippen LogP contribution < -0.4 is 0 Å². The molecule has 0 bridgehead atoms. The average Bonchev–Trinajstić information content (AvgIpc) is 1.83. The van der Waals surface area contributed by atoms with Crippen molar-refractivity contribution in [1.82, 2.24) is 0 Å². The molecule has 1 N–H and O–H groups in total. The van der Waals surface area contributed by atoms with Crippen LogP contribution in [0.5, 0.6) is 0 Å². The largest absolute Gasteiger partial charge is 0.463 e. The highest BCUT2D eigenvalue weighted by Crippen LogP contribution is 1.98. The highest BCUT2D eigenvalue weighted by molar-refractivity contribution is 5.79. The summed E-state index contributed by atoms with van der Waals surface area (Å²) in [5.74, 6) is -0.886. The van der Waals surface area contributed by atoms with E-state index in [0.717, 1.165) is 18.4 Å². The van der Waals surface area contributed by atoms with E-state index in [2.05, 4.69) is 0 Å². The van der Waals surface area contributed by atoms with Crippen LogP contribution in [0.1, 0.15) is 20.3 Å². The van der Waals surface area contributed by atoms with Gasteiger partial charge < -0.3 is 5.11 Å². The van der Waals surface area contributed by atoms with E-state index in [1.807, 2.05) is 13.8 Å². The minimum atomic E-state index is -0.886. The first-order chi connectivity index (χ1) is 4.16. The van der Waals surface area contributed by atoms with Crippen LogP contribution in [-0.4, -0.2) is 11.1 Å². The van der Waals surface area contributed by atoms with Crippen molar-refractivity contribution in [1.29, 1.82) is 0 Å². The maximum Gasteiger partial charge on any atom is 0.413 e. The van der Waals surface area contributed by atoms with Gasteiger partial charge in [-0.05, 0) is 6.92 Å². The zero-order valence-corrected chi connectivity index (χ0v) is 5.72. The van der Waals surface area contributed by atoms with Crippen molar-refractivity contribution in [3.63, 3.8) is 0 Å². The van der Waals surface area contributed by atoms with Crippen LogP contribution in [-0.2, 0) is 4.79 Å². The summed E-state index contributed by atoms with van der Waals surface area (Å²) in [6.45, 7) is 3.89. The summed E-state index contributed by atoms with van der Waals surface area (Å²) in [6, 6.07) is 0. The van der Waals surface area contributed by atoms with E-state index in [4.69, 9.17) is 5.11 Å². The van der Waals surface area contributed by atoms with Gasteiger partial charge in [0.15, 0.2) is 6.42 Å². The van der Waals surface area contributed by atoms with Gasteiger partial charge in [0, 0.05) is 13.3 Å². The number of allylic oxidation sites excluding steroid dienone is 1. The van der Waals surface area contributed by atoms with Crippen LogP contribution in [0.3, 0.4) is 0 Å². The third-order valence-electron chi connectivity index (χ3n) is 1.07. The molecule has 0 radical (unpaired) electrons. The Kier molecular flexibility index (Phi) is 3.60. The molecule has 9 heavy (non-hydrogen) atoms. The zero-order chi connectivity index (χ0) is 7.28. The van der Waals surface area contributed by atoms with Crippen LogP contribution in [0.4, 0.5) is 0 Å². The average molecular weight is 127 g/mol. The molecule has 2 heteroatoms. The van der Waals surface area contributed by atoms with Gasteiger partial charge in [-0.15, -0.1) is 0 Å². The monoisotopic (exact) mass is 127 g/mol. The lowest BCUT2D eigenvalue weighted by atomic mass is 10.2. The standard InChI is InChI=1S/C7H10O2/c1-3-6(2)4-5-7(8)9/h4-5H,3H2,1-2H3/p+1/b6-4+. The van der Waals surface area contributed by atoms with E-state index in [1.165, 1.54) is 0 Å². The summed E-state index contributed by atoms with van der Waals surface area (Å²) in [6.07, 6.45) is 3.67. The summed E-state index contributed by atoms with van der Waals surface area (Å²) >= 11 is 0. The molecular weight excluding hydrogens is 116 g/mol. The summed E-state index contributed by atoms with van der Waals surface area (Å²) in [5.41, 5.74) is 1.08. The van der Waals surface area contributed by atoms with Crippen LogP contribution in [0.15, 0.2) is 11.6 Å². The molecule has 0 aromatic rings. The van der Waals surface area contributed by atoms with Gasteiger partial charge in [0.2, 0.25) is 0 Å². The second kappa shape index (κ2) is 4.01. The molecule has 0 unspecified atom stereocenters. The van der Waals surface area contributed by atoms with Crippen LogP contribution in [0.2, 0.25) is 0 Å². The highest BCUT2D eigenvalue weighted by atomic mass is 16.4. The topological polar surface area (TPSA) is 37.3 Å². The van der Waals surface area contributed by atoms with Crippen molar-refractivity contribution in [3.05, 3.63) is 18.1 Å². The van der Waals surface area contributed by atoms with Crippen molar-refractivity contribution in [2.24, 2.45) is 0 Å². The second-order valence-corrected chi connectivity index (χ2v) is 1.87. The van der Waals surface area contributed by atoms with Gasteiger partial charge in [-0.25, -0.2) is 4.79 Å². The van der Waals surface area contributed by atoms with Gasteiger partial charge in [-0.1, -0.05) is 0 Å². The lowest BCUT2D eigenvalue weighted by Crippen LogP contribution is -1.92. The van der Waals surface area contributed by atoms with Gasteiger partial charge >= 0.3 is 5.97 Å². The Morgan fingerprint density at radius 3 is 2.67 bits per heavy atom. The predicted octanol–water partition coefficient (Wildman–Crippen LogP) is 1.63. The lowest BCUT2D eigenvalue weighted by Gasteiger charge is -1.80. The number of aliphatic carboxylic acids is 1. The van der Waals surface area contributed by atoms with Gasteiger partial charge in [-0.2, -0.15) is 0 Å². The van der Waals surface area contributed by atoms with Crippen LogP contribution in [0.25, 0.3) is 0 Å². The second-order valence-electron chi connectivity index (χ2n) is 1.87. The fourth-order valence-electron chi connectivity index (χ4n) is 0.331. The van der Waals surface area contributed by atoms with E-state index < -0.39 is 5.97 Å². The van der Waals surface area contributed by atoms with E-state index in [-0.39, 0.29) is 0 Å². The first kappa shape index (κ1) is 8.08. The van der Waals surface area contributed by atoms with Crippen LogP contribution >= 0.6 is 0 Å². The summed E-state index contributed by atoms with van der Waals surface area (Å²) in [7, 11) is 0. The van der Waals surface area contributed by atoms with E-state index >= 15 is 0 Å². The summed E-state index contributed by atoms with van der Waals surface area (Å²) in [5, 5.41) is 8.16. The Labute approximate surface area is 55.2 Å². The lowest BCUT2D eigenvalue weighted by molar-refractivity contribution is -0.132. The van der Waals surface area contributed by atoms with Crippen molar-refractivity contribution < 1.29 is 9.90 Å². The maximum absolute atomic E-state index is 9.92. The molecule has 0 spiro atoms. The Hall–Kier alpha value is -0.920. The molecule has 0 aliphatic rings. The number of hydrogen-bond donors (Lipinski definition) is 1. The van der Waals surface area contributed by atoms with Gasteiger partial charge in [-0.3, -0.25) is 0 Å². The number of carboxylic acid groups (broad SMARTS) is 1. The third-order valence-corrected chi connectivity index (χ3v) is 1.07. The normalized spacial score (nSPS) is 11.1. The Morgan fingerprint density at radius 1 is 1.78 bits per heavy atom. The Balaban J connectivity index is 3.56. The SMILES string of the molecule is CC/C(C)=C/[CH+]C(=O)O. The van der Waals surface area contributed by atoms with Crippen molar-refractivity contribution >= 4 is 5.97 Å². The van der Waals surface area contributed by atoms with E-state index in [9.17, 15) is 4.79 Å². The predicted molar refractivity (Wildman–Crippen MR) is 36.0 cm³/mol. The van der Waals surface area contributed by atoms with Crippen molar-refractivity contribution in [2.75, 3.05) is 0 Å². The molecule has 0 aromatic carbocycles. The quantitative estimate of drug-likeness (QED) is 0.585. The number of carbonyl (C=O) groups is 1.